The van der Waals surface area contributed by atoms with Gasteiger partial charge in [0.05, 0.1) is 11.4 Å². The largest absolute Gasteiger partial charge is 0.573 e. The minimum Gasteiger partial charge on any atom is -0.489 e. The maximum atomic E-state index is 12.1. The van der Waals surface area contributed by atoms with Gasteiger partial charge in [-0.05, 0) is 32.1 Å². The first kappa shape index (κ1) is 32.4. The molecule has 0 aliphatic rings. The molecule has 0 aliphatic heterocycles. The quantitative estimate of drug-likeness (QED) is 0.139. The number of rotatable bonds is 9. The number of hydrogen-bond acceptors (Lipinski definition) is 6. The third-order valence-corrected chi connectivity index (χ3v) is 3.26. The number of allylic oxidation sites excluding steroid dienone is 2. The van der Waals surface area contributed by atoms with E-state index >= 15 is 0 Å². The molecule has 0 aliphatic carbocycles. The predicted octanol–water partition coefficient (Wildman–Crippen LogP) is 5.68. The van der Waals surface area contributed by atoms with Gasteiger partial charge < -0.3 is 24.8 Å². The second-order valence-electron chi connectivity index (χ2n) is 6.24. The molecule has 0 aromatic heterocycles. The lowest BCUT2D eigenvalue weighted by Crippen LogP contribution is -2.21. The van der Waals surface area contributed by atoms with Crippen LogP contribution in [0.1, 0.15) is 13.8 Å². The van der Waals surface area contributed by atoms with Crippen molar-refractivity contribution in [3.05, 3.63) is 48.0 Å². The van der Waals surface area contributed by atoms with E-state index in [1.54, 1.807) is 6.92 Å². The van der Waals surface area contributed by atoms with Gasteiger partial charge in [-0.1, -0.05) is 12.1 Å². The summed E-state index contributed by atoms with van der Waals surface area (Å²) in [6.45, 7) is -0.486. The molecule has 0 heterocycles. The number of halogens is 9. The molecule has 1 aromatic carbocycles. The Hall–Kier alpha value is -3.59. The van der Waals surface area contributed by atoms with Crippen LogP contribution in [-0.2, 0) is 14.3 Å². The molecule has 2 N–H and O–H groups in total. The van der Waals surface area contributed by atoms with Crippen molar-refractivity contribution < 1.29 is 58.5 Å². The Labute approximate surface area is 199 Å². The molecule has 1 amide bonds. The molecule has 36 heavy (non-hydrogen) atoms. The van der Waals surface area contributed by atoms with E-state index in [9.17, 15) is 44.3 Å². The first-order chi connectivity index (χ1) is 16.5. The topological polar surface area (TPSA) is 81.2 Å². The van der Waals surface area contributed by atoms with Crippen LogP contribution in [0.4, 0.5) is 45.2 Å². The van der Waals surface area contributed by atoms with E-state index in [-0.39, 0.29) is 23.7 Å². The first-order valence-electron chi connectivity index (χ1n) is 9.54. The predicted molar refractivity (Wildman–Crippen MR) is 111 cm³/mol. The van der Waals surface area contributed by atoms with Gasteiger partial charge in [0.15, 0.2) is 19.0 Å². The summed E-state index contributed by atoms with van der Waals surface area (Å²) in [5.74, 6) is -1.08. The van der Waals surface area contributed by atoms with Crippen molar-refractivity contribution in [1.82, 2.24) is 5.32 Å². The van der Waals surface area contributed by atoms with Gasteiger partial charge in [0.25, 0.3) is 0 Å². The van der Waals surface area contributed by atoms with Crippen LogP contribution in [0.3, 0.4) is 0 Å². The summed E-state index contributed by atoms with van der Waals surface area (Å²) in [5.41, 5.74) is -0.0279. The lowest BCUT2D eigenvalue weighted by Gasteiger charge is -2.12. The van der Waals surface area contributed by atoms with Gasteiger partial charge in [-0.25, -0.2) is 0 Å². The molecule has 0 saturated carbocycles. The summed E-state index contributed by atoms with van der Waals surface area (Å²) in [4.78, 5) is 13.8. The van der Waals surface area contributed by atoms with E-state index < -0.39 is 43.6 Å². The number of hydrogen-bond donors (Lipinski definition) is 2. The average Bonchev–Trinajstić information content (AvgIpc) is 2.74. The lowest BCUT2D eigenvalue weighted by molar-refractivity contribution is -0.274. The zero-order valence-corrected chi connectivity index (χ0v) is 18.9. The highest BCUT2D eigenvalue weighted by atomic mass is 19.4. The monoisotopic (exact) mass is 539 g/mol. The zero-order chi connectivity index (χ0) is 28.0. The van der Waals surface area contributed by atoms with Gasteiger partial charge in [0.1, 0.15) is 5.82 Å². The standard InChI is InChI=1S/C12H16F6N2O2.C8H6F3NO2/c1-4-9(19-3)20-10(22-7-12(16,17)18)5-8(2)21-6-11(13,14)15;9-8(10,11)14-7-4-2-1-3-6(7)12-5-13/h4-5,19H,6-7H2,1-3H3;1-5H,(H,12,13)/b8-5+,9-4+,20-10+;. The molecule has 0 atom stereocenters. The SMILES string of the molecule is C/C=C(/N=C(\C=C(/C)OCC(F)(F)F)OCC(F)(F)F)NC.O=CNc1ccccc1OC(F)(F)F. The number of nitrogens with zero attached hydrogens (tertiary/aromatic N) is 1. The Kier molecular flexibility index (Phi) is 13.3. The van der Waals surface area contributed by atoms with E-state index in [4.69, 9.17) is 0 Å². The molecule has 16 heteroatoms. The van der Waals surface area contributed by atoms with E-state index in [0.29, 0.717) is 0 Å². The maximum absolute atomic E-state index is 12.1. The Morgan fingerprint density at radius 3 is 2.00 bits per heavy atom. The summed E-state index contributed by atoms with van der Waals surface area (Å²) in [6.07, 6.45) is -11.4. The summed E-state index contributed by atoms with van der Waals surface area (Å²) < 4.78 is 120. The van der Waals surface area contributed by atoms with E-state index in [2.05, 4.69) is 29.8 Å². The van der Waals surface area contributed by atoms with Crippen molar-refractivity contribution in [1.29, 1.82) is 0 Å². The Bertz CT molecular complexity index is 909. The van der Waals surface area contributed by atoms with Gasteiger partial charge in [-0.15, -0.1) is 13.2 Å². The van der Waals surface area contributed by atoms with Crippen LogP contribution in [0.5, 0.6) is 5.75 Å². The van der Waals surface area contributed by atoms with Crippen LogP contribution >= 0.6 is 0 Å². The molecule has 1 rings (SSSR count). The Balaban J connectivity index is 0.000000748. The van der Waals surface area contributed by atoms with Gasteiger partial charge in [0.2, 0.25) is 12.3 Å². The number of carbonyl (C=O) groups excluding carboxylic acids is 1. The second kappa shape index (κ2) is 14.7. The van der Waals surface area contributed by atoms with Crippen molar-refractivity contribution in [2.24, 2.45) is 4.99 Å². The average molecular weight is 539 g/mol. The molecule has 204 valence electrons. The number of amides is 1. The number of carbonyl (C=O) groups is 1. The zero-order valence-electron chi connectivity index (χ0n) is 18.9. The highest BCUT2D eigenvalue weighted by Crippen LogP contribution is 2.29. The molecule has 0 unspecified atom stereocenters. The first-order valence-corrected chi connectivity index (χ1v) is 9.54. The smallest absolute Gasteiger partial charge is 0.489 e. The van der Waals surface area contributed by atoms with Gasteiger partial charge >= 0.3 is 18.7 Å². The van der Waals surface area contributed by atoms with Crippen molar-refractivity contribution in [2.75, 3.05) is 25.6 Å². The van der Waals surface area contributed by atoms with Crippen molar-refractivity contribution in [3.63, 3.8) is 0 Å². The lowest BCUT2D eigenvalue weighted by atomic mass is 10.3. The number of nitrogens with one attached hydrogen (secondary N) is 2. The molecule has 0 fully saturated rings. The highest BCUT2D eigenvalue weighted by Gasteiger charge is 2.32. The molecule has 7 nitrogen and oxygen atoms in total. The fourth-order valence-corrected chi connectivity index (χ4v) is 1.92. The number of para-hydroxylation sites is 2. The molecule has 0 bridgehead atoms. The van der Waals surface area contributed by atoms with Crippen LogP contribution in [0.2, 0.25) is 0 Å². The molecular weight excluding hydrogens is 517 g/mol. The summed E-state index contributed by atoms with van der Waals surface area (Å²) in [5, 5.41) is 4.66. The number of anilines is 1. The maximum Gasteiger partial charge on any atom is 0.573 e. The molecule has 0 radical (unpaired) electrons. The third-order valence-electron chi connectivity index (χ3n) is 3.26. The number of benzene rings is 1. The van der Waals surface area contributed by atoms with E-state index in [1.165, 1.54) is 31.3 Å². The Morgan fingerprint density at radius 1 is 0.972 bits per heavy atom. The number of aliphatic imine (C=N–C) groups is 1. The van der Waals surface area contributed by atoms with Crippen molar-refractivity contribution in [3.8, 4) is 5.75 Å². The van der Waals surface area contributed by atoms with Crippen LogP contribution < -0.4 is 15.4 Å². The fourth-order valence-electron chi connectivity index (χ4n) is 1.92. The minimum atomic E-state index is -4.76. The minimum absolute atomic E-state index is 0.0279. The van der Waals surface area contributed by atoms with Crippen LogP contribution in [0.15, 0.2) is 53.0 Å². The summed E-state index contributed by atoms with van der Waals surface area (Å²) in [7, 11) is 1.47. The third kappa shape index (κ3) is 16.9. The number of ether oxygens (including phenoxy) is 3. The van der Waals surface area contributed by atoms with Gasteiger partial charge in [-0.2, -0.15) is 31.3 Å². The van der Waals surface area contributed by atoms with Gasteiger partial charge in [0, 0.05) is 13.1 Å². The Morgan fingerprint density at radius 2 is 1.53 bits per heavy atom. The number of alkyl halides is 9. The van der Waals surface area contributed by atoms with Crippen LogP contribution in [0.25, 0.3) is 0 Å². The summed E-state index contributed by atoms with van der Waals surface area (Å²) >= 11 is 0. The van der Waals surface area contributed by atoms with Crippen molar-refractivity contribution >= 4 is 18.0 Å². The molecular formula is C20H22F9N3O4. The molecule has 0 saturated heterocycles. The van der Waals surface area contributed by atoms with Crippen molar-refractivity contribution in [2.45, 2.75) is 32.6 Å². The molecule has 1 aromatic rings. The van der Waals surface area contributed by atoms with E-state index in [0.717, 1.165) is 19.1 Å². The summed E-state index contributed by atoms with van der Waals surface area (Å²) in [6, 6.07) is 5.26. The van der Waals surface area contributed by atoms with Crippen LogP contribution in [-0.4, -0.2) is 51.3 Å². The second-order valence-corrected chi connectivity index (χ2v) is 6.24. The fraction of sp³-hybridized carbons (Fsp3) is 0.400. The van der Waals surface area contributed by atoms with Crippen LogP contribution in [0, 0.1) is 0 Å². The van der Waals surface area contributed by atoms with E-state index in [1.807, 2.05) is 0 Å². The normalized spacial score (nSPS) is 13.3. The highest BCUT2D eigenvalue weighted by molar-refractivity contribution is 5.88. The van der Waals surface area contributed by atoms with Gasteiger partial charge in [-0.3, -0.25) is 4.79 Å². The molecule has 0 spiro atoms.